The molecule has 0 bridgehead atoms. The van der Waals surface area contributed by atoms with E-state index in [1.54, 1.807) is 20.8 Å². The van der Waals surface area contributed by atoms with E-state index in [0.717, 1.165) is 0 Å². The second kappa shape index (κ2) is 6.13. The van der Waals surface area contributed by atoms with Crippen LogP contribution in [0.2, 0.25) is 5.02 Å². The number of hydrogen-bond donors (Lipinski definition) is 1. The van der Waals surface area contributed by atoms with Gasteiger partial charge in [0.15, 0.2) is 12.4 Å². The van der Waals surface area contributed by atoms with Crippen molar-refractivity contribution in [2.45, 2.75) is 26.9 Å². The minimum Gasteiger partial charge on any atom is -0.496 e. The standard InChI is InChI=1S/C14H17ClO5/c1-14(2,3)12(13(17)18)20-11-6-10(19-4)8(7-16)5-9(11)15/h5-7,12H,1-4H3,(H,17,18). The zero-order chi connectivity index (χ0) is 15.5. The van der Waals surface area contributed by atoms with Crippen LogP contribution < -0.4 is 9.47 Å². The summed E-state index contributed by atoms with van der Waals surface area (Å²) in [4.78, 5) is 22.1. The Labute approximate surface area is 122 Å². The zero-order valence-electron chi connectivity index (χ0n) is 11.8. The van der Waals surface area contributed by atoms with Gasteiger partial charge in [-0.2, -0.15) is 0 Å². The molecule has 0 radical (unpaired) electrons. The Bertz CT molecular complexity index is 519. The molecule has 1 unspecified atom stereocenters. The molecule has 6 heteroatoms. The highest BCUT2D eigenvalue weighted by atomic mass is 35.5. The largest absolute Gasteiger partial charge is 0.496 e. The van der Waals surface area contributed by atoms with Crippen LogP contribution in [0.25, 0.3) is 0 Å². The first-order valence-electron chi connectivity index (χ1n) is 5.93. The summed E-state index contributed by atoms with van der Waals surface area (Å²) in [6.07, 6.45) is -0.473. The lowest BCUT2D eigenvalue weighted by Crippen LogP contribution is -2.39. The van der Waals surface area contributed by atoms with Gasteiger partial charge in [-0.05, 0) is 6.07 Å². The highest BCUT2D eigenvalue weighted by Gasteiger charge is 2.34. The fraction of sp³-hybridized carbons (Fsp3) is 0.429. The maximum atomic E-state index is 11.3. The highest BCUT2D eigenvalue weighted by molar-refractivity contribution is 6.32. The Kier molecular flexibility index (Phi) is 5.00. The molecule has 0 aliphatic rings. The topological polar surface area (TPSA) is 72.8 Å². The molecule has 1 N–H and O–H groups in total. The van der Waals surface area contributed by atoms with Crippen molar-refractivity contribution in [2.75, 3.05) is 7.11 Å². The Morgan fingerprint density at radius 1 is 1.35 bits per heavy atom. The summed E-state index contributed by atoms with van der Waals surface area (Å²) in [5, 5.41) is 9.39. The van der Waals surface area contributed by atoms with Gasteiger partial charge in [0.1, 0.15) is 11.5 Å². The van der Waals surface area contributed by atoms with Crippen molar-refractivity contribution in [3.05, 3.63) is 22.7 Å². The predicted molar refractivity (Wildman–Crippen MR) is 74.9 cm³/mol. The molecule has 5 nitrogen and oxygen atoms in total. The smallest absolute Gasteiger partial charge is 0.345 e. The highest BCUT2D eigenvalue weighted by Crippen LogP contribution is 2.35. The Morgan fingerprint density at radius 3 is 2.35 bits per heavy atom. The summed E-state index contributed by atoms with van der Waals surface area (Å²) in [6, 6.07) is 2.79. The molecule has 1 rings (SSSR count). The SMILES string of the molecule is COc1cc(OC(C(=O)O)C(C)(C)C)c(Cl)cc1C=O. The monoisotopic (exact) mass is 300 g/mol. The van der Waals surface area contributed by atoms with Crippen LogP contribution in [0, 0.1) is 5.41 Å². The molecule has 20 heavy (non-hydrogen) atoms. The van der Waals surface area contributed by atoms with E-state index < -0.39 is 17.5 Å². The number of aliphatic carboxylic acids is 1. The third-order valence-corrected chi connectivity index (χ3v) is 2.96. The Balaban J connectivity index is 3.20. The van der Waals surface area contributed by atoms with Crippen molar-refractivity contribution in [2.24, 2.45) is 5.41 Å². The maximum Gasteiger partial charge on any atom is 0.345 e. The van der Waals surface area contributed by atoms with E-state index in [9.17, 15) is 14.7 Å². The van der Waals surface area contributed by atoms with Crippen molar-refractivity contribution in [3.8, 4) is 11.5 Å². The summed E-state index contributed by atoms with van der Waals surface area (Å²) in [5.41, 5.74) is -0.348. The molecule has 1 atom stereocenters. The van der Waals surface area contributed by atoms with E-state index in [-0.39, 0.29) is 22.1 Å². The molecule has 0 amide bonds. The van der Waals surface area contributed by atoms with Crippen LogP contribution in [0.5, 0.6) is 11.5 Å². The van der Waals surface area contributed by atoms with E-state index in [4.69, 9.17) is 21.1 Å². The summed E-state index contributed by atoms with van der Waals surface area (Å²) in [5.74, 6) is -0.652. The van der Waals surface area contributed by atoms with Crippen LogP contribution in [0.4, 0.5) is 0 Å². The average molecular weight is 301 g/mol. The number of rotatable bonds is 5. The number of hydrogen-bond acceptors (Lipinski definition) is 4. The molecule has 0 saturated carbocycles. The Hall–Kier alpha value is -1.75. The fourth-order valence-electron chi connectivity index (χ4n) is 1.63. The molecule has 0 aliphatic heterocycles. The molecule has 0 aliphatic carbocycles. The van der Waals surface area contributed by atoms with E-state index in [1.165, 1.54) is 19.2 Å². The number of benzene rings is 1. The second-order valence-electron chi connectivity index (χ2n) is 5.34. The lowest BCUT2D eigenvalue weighted by atomic mass is 9.89. The summed E-state index contributed by atoms with van der Waals surface area (Å²) in [7, 11) is 1.40. The number of aldehydes is 1. The average Bonchev–Trinajstić information content (AvgIpc) is 2.34. The van der Waals surface area contributed by atoms with Crippen LogP contribution in [-0.4, -0.2) is 30.6 Å². The molecular formula is C14H17ClO5. The van der Waals surface area contributed by atoms with Gasteiger partial charge in [-0.15, -0.1) is 0 Å². The molecule has 0 heterocycles. The van der Waals surface area contributed by atoms with Crippen molar-refractivity contribution in [3.63, 3.8) is 0 Å². The minimum absolute atomic E-state index is 0.156. The molecule has 1 aromatic carbocycles. The number of carboxylic acids is 1. The van der Waals surface area contributed by atoms with E-state index in [1.807, 2.05) is 0 Å². The van der Waals surface area contributed by atoms with E-state index >= 15 is 0 Å². The number of carbonyl (C=O) groups is 2. The van der Waals surface area contributed by atoms with Crippen LogP contribution in [-0.2, 0) is 4.79 Å². The third kappa shape index (κ3) is 3.63. The normalized spacial score (nSPS) is 12.7. The number of methoxy groups -OCH3 is 1. The van der Waals surface area contributed by atoms with Gasteiger partial charge in [-0.25, -0.2) is 4.79 Å². The quantitative estimate of drug-likeness (QED) is 0.846. The molecule has 110 valence electrons. The first-order chi connectivity index (χ1) is 9.20. The van der Waals surface area contributed by atoms with Crippen LogP contribution in [0.3, 0.4) is 0 Å². The van der Waals surface area contributed by atoms with Crippen molar-refractivity contribution in [1.82, 2.24) is 0 Å². The minimum atomic E-state index is -1.09. The number of ether oxygens (including phenoxy) is 2. The van der Waals surface area contributed by atoms with Gasteiger partial charge in [0.2, 0.25) is 0 Å². The number of carbonyl (C=O) groups excluding carboxylic acids is 1. The lowest BCUT2D eigenvalue weighted by Gasteiger charge is -2.28. The molecule has 0 aromatic heterocycles. The van der Waals surface area contributed by atoms with Gasteiger partial charge >= 0.3 is 5.97 Å². The molecule has 0 spiro atoms. The van der Waals surface area contributed by atoms with Gasteiger partial charge < -0.3 is 14.6 Å². The van der Waals surface area contributed by atoms with Gasteiger partial charge in [-0.1, -0.05) is 32.4 Å². The second-order valence-corrected chi connectivity index (χ2v) is 5.75. The van der Waals surface area contributed by atoms with Gasteiger partial charge in [0.05, 0.1) is 17.7 Å². The van der Waals surface area contributed by atoms with E-state index in [0.29, 0.717) is 6.29 Å². The van der Waals surface area contributed by atoms with Crippen LogP contribution >= 0.6 is 11.6 Å². The van der Waals surface area contributed by atoms with Gasteiger partial charge in [-0.3, -0.25) is 4.79 Å². The first-order valence-corrected chi connectivity index (χ1v) is 6.30. The van der Waals surface area contributed by atoms with Gasteiger partial charge in [0, 0.05) is 11.5 Å². The summed E-state index contributed by atoms with van der Waals surface area (Å²) in [6.45, 7) is 5.24. The fourth-order valence-corrected chi connectivity index (χ4v) is 1.85. The van der Waals surface area contributed by atoms with Crippen molar-refractivity contribution < 1.29 is 24.2 Å². The summed E-state index contributed by atoms with van der Waals surface area (Å²) < 4.78 is 10.5. The molecule has 0 saturated heterocycles. The first kappa shape index (κ1) is 16.3. The maximum absolute atomic E-state index is 11.3. The zero-order valence-corrected chi connectivity index (χ0v) is 12.5. The van der Waals surface area contributed by atoms with E-state index in [2.05, 4.69) is 0 Å². The number of halogens is 1. The predicted octanol–water partition coefficient (Wildman–Crippen LogP) is 3.04. The van der Waals surface area contributed by atoms with Crippen LogP contribution in [0.1, 0.15) is 31.1 Å². The molecule has 0 fully saturated rings. The molecular weight excluding hydrogens is 284 g/mol. The van der Waals surface area contributed by atoms with Crippen molar-refractivity contribution in [1.29, 1.82) is 0 Å². The Morgan fingerprint density at radius 2 is 1.95 bits per heavy atom. The van der Waals surface area contributed by atoms with Gasteiger partial charge in [0.25, 0.3) is 0 Å². The van der Waals surface area contributed by atoms with Crippen molar-refractivity contribution >= 4 is 23.9 Å². The third-order valence-electron chi connectivity index (χ3n) is 2.67. The number of carboxylic acid groups (broad SMARTS) is 1. The lowest BCUT2D eigenvalue weighted by molar-refractivity contribution is -0.150. The van der Waals surface area contributed by atoms with Crippen LogP contribution in [0.15, 0.2) is 12.1 Å². The molecule has 1 aromatic rings. The summed E-state index contributed by atoms with van der Waals surface area (Å²) >= 11 is 6.00.